The van der Waals surface area contributed by atoms with E-state index in [1.165, 1.54) is 77.2 Å². The molecule has 258 valence electrons. The van der Waals surface area contributed by atoms with Crippen LogP contribution in [-0.2, 0) is 10.8 Å². The van der Waals surface area contributed by atoms with Gasteiger partial charge in [-0.25, -0.2) is 0 Å². The summed E-state index contributed by atoms with van der Waals surface area (Å²) < 4.78 is 0. The molecule has 0 saturated heterocycles. The molecular weight excluding hydrogens is 639 g/mol. The Bertz CT molecular complexity index is 2580. The number of anilines is 3. The molecule has 0 unspecified atom stereocenters. The molecule has 0 bridgehead atoms. The lowest BCUT2D eigenvalue weighted by molar-refractivity contribution is 0.590. The van der Waals surface area contributed by atoms with Gasteiger partial charge in [0, 0.05) is 17.1 Å². The van der Waals surface area contributed by atoms with Crippen LogP contribution in [0.5, 0.6) is 0 Å². The van der Waals surface area contributed by atoms with Crippen molar-refractivity contribution in [2.75, 3.05) is 4.90 Å². The Balaban J connectivity index is 1.25. The molecular formula is C52H45N. The Kier molecular flexibility index (Phi) is 7.68. The molecule has 8 aromatic rings. The molecule has 0 N–H and O–H groups in total. The molecule has 8 aromatic carbocycles. The van der Waals surface area contributed by atoms with Crippen LogP contribution in [0.1, 0.15) is 52.7 Å². The summed E-state index contributed by atoms with van der Waals surface area (Å²) >= 11 is 0. The number of hydrogen-bond donors (Lipinski definition) is 0. The Hall–Kier alpha value is -5.92. The van der Waals surface area contributed by atoms with E-state index < -0.39 is 0 Å². The third kappa shape index (κ3) is 5.63. The summed E-state index contributed by atoms with van der Waals surface area (Å²) in [5, 5.41) is 5.07. The maximum absolute atomic E-state index is 2.44. The molecule has 0 atom stereocenters. The first-order valence-electron chi connectivity index (χ1n) is 18.9. The first kappa shape index (κ1) is 33.0. The van der Waals surface area contributed by atoms with Crippen LogP contribution in [0.25, 0.3) is 66.1 Å². The van der Waals surface area contributed by atoms with Crippen molar-refractivity contribution in [3.8, 4) is 44.5 Å². The van der Waals surface area contributed by atoms with Gasteiger partial charge in [0.25, 0.3) is 0 Å². The van der Waals surface area contributed by atoms with Crippen molar-refractivity contribution in [2.24, 2.45) is 0 Å². The summed E-state index contributed by atoms with van der Waals surface area (Å²) in [7, 11) is 0. The molecule has 9 rings (SSSR count). The summed E-state index contributed by atoms with van der Waals surface area (Å²) in [5.74, 6) is 0. The van der Waals surface area contributed by atoms with Crippen LogP contribution in [0.15, 0.2) is 164 Å². The third-order valence-corrected chi connectivity index (χ3v) is 11.1. The summed E-state index contributed by atoms with van der Waals surface area (Å²) in [4.78, 5) is 2.40. The predicted molar refractivity (Wildman–Crippen MR) is 229 cm³/mol. The number of benzene rings is 8. The van der Waals surface area contributed by atoms with Crippen LogP contribution >= 0.6 is 0 Å². The van der Waals surface area contributed by atoms with E-state index in [0.717, 1.165) is 17.1 Å². The van der Waals surface area contributed by atoms with Crippen LogP contribution in [0.4, 0.5) is 17.1 Å². The van der Waals surface area contributed by atoms with Gasteiger partial charge in [0.15, 0.2) is 0 Å². The zero-order chi connectivity index (χ0) is 36.5. The molecule has 1 aliphatic rings. The summed E-state index contributed by atoms with van der Waals surface area (Å²) in [5.41, 5.74) is 16.8. The molecule has 0 spiro atoms. The lowest BCUT2D eigenvalue weighted by atomic mass is 9.70. The van der Waals surface area contributed by atoms with Gasteiger partial charge in [-0.3, -0.25) is 0 Å². The SMILES string of the molecule is CC(C)(C)c1ccc(N(c2ccc(C(C)(C)C)cc2)c2ccc3cc4c(cc3c2)-c2c-4c(-c3ccccc3)c3ccccc3c2-c2ccccc2)cc1. The van der Waals surface area contributed by atoms with Crippen LogP contribution in [0, 0.1) is 0 Å². The minimum atomic E-state index is 0.0864. The van der Waals surface area contributed by atoms with Crippen molar-refractivity contribution in [3.63, 3.8) is 0 Å². The molecule has 0 amide bonds. The predicted octanol–water partition coefficient (Wildman–Crippen LogP) is 15.0. The largest absolute Gasteiger partial charge is 0.310 e. The van der Waals surface area contributed by atoms with Gasteiger partial charge >= 0.3 is 0 Å². The second-order valence-electron chi connectivity index (χ2n) is 16.6. The number of nitrogens with zero attached hydrogens (tertiary/aromatic N) is 1. The Labute approximate surface area is 314 Å². The molecule has 0 saturated carbocycles. The number of fused-ring (bicyclic) bond motifs is 6. The van der Waals surface area contributed by atoms with E-state index >= 15 is 0 Å². The number of hydrogen-bond acceptors (Lipinski definition) is 1. The Morgan fingerprint density at radius 3 is 1.17 bits per heavy atom. The topological polar surface area (TPSA) is 3.24 Å². The van der Waals surface area contributed by atoms with Crippen molar-refractivity contribution >= 4 is 38.6 Å². The number of rotatable bonds is 5. The van der Waals surface area contributed by atoms with E-state index in [9.17, 15) is 0 Å². The summed E-state index contributed by atoms with van der Waals surface area (Å²) in [6.07, 6.45) is 0. The maximum atomic E-state index is 2.44. The highest BCUT2D eigenvalue weighted by Gasteiger charge is 2.32. The molecule has 0 aliphatic heterocycles. The zero-order valence-corrected chi connectivity index (χ0v) is 31.5. The van der Waals surface area contributed by atoms with Gasteiger partial charge in [-0.05, 0) is 137 Å². The van der Waals surface area contributed by atoms with Crippen LogP contribution in [-0.4, -0.2) is 0 Å². The monoisotopic (exact) mass is 683 g/mol. The Morgan fingerprint density at radius 2 is 0.736 bits per heavy atom. The Morgan fingerprint density at radius 1 is 0.340 bits per heavy atom. The highest BCUT2D eigenvalue weighted by Crippen LogP contribution is 2.60. The molecule has 0 radical (unpaired) electrons. The van der Waals surface area contributed by atoms with Crippen molar-refractivity contribution in [2.45, 2.75) is 52.4 Å². The average Bonchev–Trinajstić information content (AvgIpc) is 3.16. The summed E-state index contributed by atoms with van der Waals surface area (Å²) in [6.45, 7) is 13.6. The molecule has 0 fully saturated rings. The molecule has 53 heavy (non-hydrogen) atoms. The fourth-order valence-electron chi connectivity index (χ4n) is 8.23. The fourth-order valence-corrected chi connectivity index (χ4v) is 8.23. The summed E-state index contributed by atoms with van der Waals surface area (Å²) in [6, 6.07) is 60.9. The van der Waals surface area contributed by atoms with Gasteiger partial charge in [-0.15, -0.1) is 0 Å². The van der Waals surface area contributed by atoms with Crippen molar-refractivity contribution in [1.29, 1.82) is 0 Å². The van der Waals surface area contributed by atoms with Crippen LogP contribution in [0.3, 0.4) is 0 Å². The first-order valence-corrected chi connectivity index (χ1v) is 18.9. The van der Waals surface area contributed by atoms with E-state index in [-0.39, 0.29) is 10.8 Å². The first-order chi connectivity index (χ1) is 25.6. The van der Waals surface area contributed by atoms with E-state index in [4.69, 9.17) is 0 Å². The highest BCUT2D eigenvalue weighted by atomic mass is 15.1. The molecule has 0 aromatic heterocycles. The average molecular weight is 684 g/mol. The van der Waals surface area contributed by atoms with E-state index in [0.29, 0.717) is 0 Å². The normalized spacial score (nSPS) is 12.3. The van der Waals surface area contributed by atoms with Gasteiger partial charge < -0.3 is 4.90 Å². The van der Waals surface area contributed by atoms with Crippen molar-refractivity contribution < 1.29 is 0 Å². The third-order valence-electron chi connectivity index (χ3n) is 11.1. The molecule has 1 heteroatoms. The van der Waals surface area contributed by atoms with Crippen molar-refractivity contribution in [3.05, 3.63) is 175 Å². The fraction of sp³-hybridized carbons (Fsp3) is 0.154. The van der Waals surface area contributed by atoms with Crippen LogP contribution < -0.4 is 4.90 Å². The lowest BCUT2D eigenvalue weighted by Gasteiger charge is -2.33. The minimum Gasteiger partial charge on any atom is -0.310 e. The zero-order valence-electron chi connectivity index (χ0n) is 31.5. The smallest absolute Gasteiger partial charge is 0.0468 e. The van der Waals surface area contributed by atoms with Gasteiger partial charge in [-0.2, -0.15) is 0 Å². The standard InChI is InChI=1S/C52H45N/c1-51(2,3)38-22-27-40(28-23-38)53(41-29-24-39(25-30-41)52(4,5)6)42-26-21-36-32-45-46(33-37(36)31-42)50-48(35-17-11-8-12-18-35)44-20-14-13-19-43(44)47(49(45)50)34-15-9-7-10-16-34/h7-33H,1-6H3. The van der Waals surface area contributed by atoms with Crippen molar-refractivity contribution in [1.82, 2.24) is 0 Å². The van der Waals surface area contributed by atoms with E-state index in [1.807, 2.05) is 0 Å². The second-order valence-corrected chi connectivity index (χ2v) is 16.6. The van der Waals surface area contributed by atoms with Crippen LogP contribution in [0.2, 0.25) is 0 Å². The molecule has 0 heterocycles. The minimum absolute atomic E-state index is 0.0864. The highest BCUT2D eigenvalue weighted by molar-refractivity contribution is 6.26. The van der Waals surface area contributed by atoms with Gasteiger partial charge in [-0.1, -0.05) is 157 Å². The maximum Gasteiger partial charge on any atom is 0.0468 e. The van der Waals surface area contributed by atoms with E-state index in [2.05, 4.69) is 210 Å². The molecule has 1 aliphatic carbocycles. The second kappa shape index (κ2) is 12.3. The van der Waals surface area contributed by atoms with E-state index in [1.54, 1.807) is 0 Å². The van der Waals surface area contributed by atoms with Gasteiger partial charge in [0.2, 0.25) is 0 Å². The molecule has 1 nitrogen and oxygen atoms in total. The lowest BCUT2D eigenvalue weighted by Crippen LogP contribution is -2.14. The van der Waals surface area contributed by atoms with Gasteiger partial charge in [0.1, 0.15) is 0 Å². The van der Waals surface area contributed by atoms with Gasteiger partial charge in [0.05, 0.1) is 0 Å². The quantitative estimate of drug-likeness (QED) is 0.175.